The molecule has 0 heterocycles. The van der Waals surface area contributed by atoms with Crippen molar-refractivity contribution in [3.05, 3.63) is 48.0 Å². The summed E-state index contributed by atoms with van der Waals surface area (Å²) in [6, 6.07) is 11.2. The van der Waals surface area contributed by atoms with Crippen molar-refractivity contribution in [2.24, 2.45) is 0 Å². The summed E-state index contributed by atoms with van der Waals surface area (Å²) in [6.45, 7) is 0.316. The Morgan fingerprint density at radius 2 is 1.59 bits per heavy atom. The smallest absolute Gasteiger partial charge is 0.120 e. The third-order valence-corrected chi connectivity index (χ3v) is 2.36. The fourth-order valence-electron chi connectivity index (χ4n) is 1.42. The molecule has 0 aliphatic rings. The Hall–Kier alpha value is -2.36. The summed E-state index contributed by atoms with van der Waals surface area (Å²) in [7, 11) is 0. The Morgan fingerprint density at radius 1 is 0.941 bits per heavy atom. The van der Waals surface area contributed by atoms with Gasteiger partial charge in [-0.25, -0.2) is 0 Å². The number of hydrogen-bond donors (Lipinski definition) is 3. The first-order valence-electron chi connectivity index (χ1n) is 5.14. The summed E-state index contributed by atoms with van der Waals surface area (Å²) in [5, 5.41) is 18.3. The second-order valence-corrected chi connectivity index (χ2v) is 3.67. The lowest BCUT2D eigenvalue weighted by Crippen LogP contribution is -1.99. The van der Waals surface area contributed by atoms with Crippen molar-refractivity contribution in [2.75, 3.05) is 5.73 Å². The molecule has 0 saturated heterocycles. The molecule has 0 unspecified atom stereocenters. The summed E-state index contributed by atoms with van der Waals surface area (Å²) in [5.74, 6) is 0.979. The summed E-state index contributed by atoms with van der Waals surface area (Å²) in [5.41, 5.74) is 7.02. The quantitative estimate of drug-likeness (QED) is 0.708. The van der Waals surface area contributed by atoms with E-state index in [1.165, 1.54) is 6.07 Å². The maximum Gasteiger partial charge on any atom is 0.120 e. The molecule has 0 fully saturated rings. The molecule has 0 bridgehead atoms. The van der Waals surface area contributed by atoms with Crippen LogP contribution in [0, 0.1) is 0 Å². The monoisotopic (exact) mass is 231 g/mol. The van der Waals surface area contributed by atoms with E-state index >= 15 is 0 Å². The second-order valence-electron chi connectivity index (χ2n) is 3.67. The van der Waals surface area contributed by atoms with Gasteiger partial charge in [-0.15, -0.1) is 0 Å². The number of hydrogen-bond acceptors (Lipinski definition) is 4. The highest BCUT2D eigenvalue weighted by atomic mass is 16.5. The van der Waals surface area contributed by atoms with Gasteiger partial charge >= 0.3 is 0 Å². The van der Waals surface area contributed by atoms with Crippen molar-refractivity contribution in [3.63, 3.8) is 0 Å². The zero-order valence-corrected chi connectivity index (χ0v) is 9.13. The van der Waals surface area contributed by atoms with E-state index in [0.29, 0.717) is 18.0 Å². The number of phenolic OH excluding ortho intramolecular Hbond substituents is 2. The van der Waals surface area contributed by atoms with Crippen LogP contribution in [0.1, 0.15) is 5.56 Å². The lowest BCUT2D eigenvalue weighted by Gasteiger charge is -2.08. The molecule has 88 valence electrons. The third-order valence-electron chi connectivity index (χ3n) is 2.36. The highest BCUT2D eigenvalue weighted by molar-refractivity contribution is 5.50. The van der Waals surface area contributed by atoms with Crippen molar-refractivity contribution in [1.82, 2.24) is 0 Å². The van der Waals surface area contributed by atoms with E-state index in [9.17, 15) is 5.11 Å². The van der Waals surface area contributed by atoms with Crippen molar-refractivity contribution in [1.29, 1.82) is 0 Å². The zero-order valence-electron chi connectivity index (χ0n) is 9.13. The van der Waals surface area contributed by atoms with Gasteiger partial charge in [-0.05, 0) is 36.4 Å². The van der Waals surface area contributed by atoms with Crippen molar-refractivity contribution < 1.29 is 14.9 Å². The summed E-state index contributed by atoms with van der Waals surface area (Å²) >= 11 is 0. The van der Waals surface area contributed by atoms with Crippen LogP contribution < -0.4 is 10.5 Å². The minimum Gasteiger partial charge on any atom is -0.508 e. The van der Waals surface area contributed by atoms with E-state index in [1.54, 1.807) is 36.4 Å². The van der Waals surface area contributed by atoms with Crippen molar-refractivity contribution in [3.8, 4) is 17.2 Å². The topological polar surface area (TPSA) is 75.7 Å². The molecule has 17 heavy (non-hydrogen) atoms. The van der Waals surface area contributed by atoms with Gasteiger partial charge < -0.3 is 20.7 Å². The number of ether oxygens (including phenoxy) is 1. The van der Waals surface area contributed by atoms with Crippen LogP contribution in [0.4, 0.5) is 5.69 Å². The van der Waals surface area contributed by atoms with Crippen LogP contribution in [0.2, 0.25) is 0 Å². The van der Waals surface area contributed by atoms with E-state index < -0.39 is 0 Å². The first kappa shape index (κ1) is 11.1. The normalized spacial score (nSPS) is 10.1. The number of benzene rings is 2. The van der Waals surface area contributed by atoms with Gasteiger partial charge in [0.15, 0.2) is 0 Å². The fraction of sp³-hybridized carbons (Fsp3) is 0.0769. The predicted octanol–water partition coefficient (Wildman–Crippen LogP) is 2.26. The summed E-state index contributed by atoms with van der Waals surface area (Å²) in [4.78, 5) is 0. The molecule has 0 aliphatic heterocycles. The molecule has 0 amide bonds. The Bertz CT molecular complexity index is 509. The highest BCUT2D eigenvalue weighted by Crippen LogP contribution is 2.21. The number of anilines is 1. The maximum atomic E-state index is 9.20. The average Bonchev–Trinajstić information content (AvgIpc) is 2.30. The van der Waals surface area contributed by atoms with Crippen molar-refractivity contribution >= 4 is 5.69 Å². The number of phenols is 2. The molecule has 0 aromatic heterocycles. The van der Waals surface area contributed by atoms with Gasteiger partial charge in [-0.3, -0.25) is 0 Å². The Labute approximate surface area is 98.9 Å². The number of rotatable bonds is 3. The van der Waals surface area contributed by atoms with Gasteiger partial charge in [-0.1, -0.05) is 0 Å². The number of nitrogen functional groups attached to an aromatic ring is 1. The molecule has 0 radical (unpaired) electrons. The molecule has 4 heteroatoms. The van der Waals surface area contributed by atoms with Crippen LogP contribution in [0.3, 0.4) is 0 Å². The first-order valence-corrected chi connectivity index (χ1v) is 5.14. The van der Waals surface area contributed by atoms with Gasteiger partial charge in [-0.2, -0.15) is 0 Å². The Morgan fingerprint density at radius 3 is 2.24 bits per heavy atom. The molecule has 0 aliphatic carbocycles. The van der Waals surface area contributed by atoms with Crippen LogP contribution in [-0.4, -0.2) is 10.2 Å². The van der Waals surface area contributed by atoms with Gasteiger partial charge in [0.05, 0.1) is 0 Å². The van der Waals surface area contributed by atoms with Crippen LogP contribution in [0.25, 0.3) is 0 Å². The number of aromatic hydroxyl groups is 2. The van der Waals surface area contributed by atoms with E-state index in [4.69, 9.17) is 15.6 Å². The van der Waals surface area contributed by atoms with E-state index in [0.717, 1.165) is 5.56 Å². The minimum atomic E-state index is 0.135. The van der Waals surface area contributed by atoms with Gasteiger partial charge in [0.25, 0.3) is 0 Å². The Balaban J connectivity index is 2.04. The first-order chi connectivity index (χ1) is 8.15. The largest absolute Gasteiger partial charge is 0.508 e. The summed E-state index contributed by atoms with van der Waals surface area (Å²) < 4.78 is 5.49. The number of nitrogens with two attached hydrogens (primary N) is 1. The van der Waals surface area contributed by atoms with E-state index in [1.807, 2.05) is 0 Å². The molecule has 0 spiro atoms. The zero-order chi connectivity index (χ0) is 12.3. The molecule has 4 nitrogen and oxygen atoms in total. The average molecular weight is 231 g/mol. The van der Waals surface area contributed by atoms with Crippen molar-refractivity contribution in [2.45, 2.75) is 6.61 Å². The fourth-order valence-corrected chi connectivity index (χ4v) is 1.42. The molecule has 0 atom stereocenters. The van der Waals surface area contributed by atoms with E-state index in [-0.39, 0.29) is 11.5 Å². The maximum absolute atomic E-state index is 9.20. The lowest BCUT2D eigenvalue weighted by molar-refractivity contribution is 0.306. The van der Waals surface area contributed by atoms with Crippen LogP contribution in [0.5, 0.6) is 17.2 Å². The minimum absolute atomic E-state index is 0.135. The highest BCUT2D eigenvalue weighted by Gasteiger charge is 2.01. The summed E-state index contributed by atoms with van der Waals surface area (Å²) in [6.07, 6.45) is 0. The molecule has 2 aromatic rings. The molecule has 0 saturated carbocycles. The molecule has 2 rings (SSSR count). The second kappa shape index (κ2) is 4.65. The van der Waals surface area contributed by atoms with Gasteiger partial charge in [0.2, 0.25) is 0 Å². The molecular formula is C13H13NO3. The van der Waals surface area contributed by atoms with Crippen LogP contribution >= 0.6 is 0 Å². The lowest BCUT2D eigenvalue weighted by atomic mass is 10.2. The van der Waals surface area contributed by atoms with Gasteiger partial charge in [0.1, 0.15) is 23.9 Å². The predicted molar refractivity (Wildman–Crippen MR) is 65.0 cm³/mol. The standard InChI is InChI=1S/C13H13NO3/c14-13-7-11(16)2-1-9(13)8-17-12-5-3-10(15)4-6-12/h1-7,15-16H,8,14H2. The molecule has 4 N–H and O–H groups in total. The van der Waals surface area contributed by atoms with Crippen LogP contribution in [-0.2, 0) is 6.61 Å². The SMILES string of the molecule is Nc1cc(O)ccc1COc1ccc(O)cc1. The Kier molecular flexibility index (Phi) is 3.05. The van der Waals surface area contributed by atoms with Gasteiger partial charge in [0, 0.05) is 17.3 Å². The molecule has 2 aromatic carbocycles. The third kappa shape index (κ3) is 2.81. The van der Waals surface area contributed by atoms with E-state index in [2.05, 4.69) is 0 Å². The van der Waals surface area contributed by atoms with Crippen LogP contribution in [0.15, 0.2) is 42.5 Å². The molecular weight excluding hydrogens is 218 g/mol.